The molecule has 0 saturated heterocycles. The van der Waals surface area contributed by atoms with Crippen LogP contribution in [0, 0.1) is 13.8 Å². The zero-order valence-corrected chi connectivity index (χ0v) is 11.4. The first-order valence-corrected chi connectivity index (χ1v) is 5.88. The summed E-state index contributed by atoms with van der Waals surface area (Å²) in [6.07, 6.45) is -0.388. The van der Waals surface area contributed by atoms with Crippen LogP contribution in [0.1, 0.15) is 17.0 Å². The molecule has 0 radical (unpaired) electrons. The van der Waals surface area contributed by atoms with Gasteiger partial charge < -0.3 is 15.2 Å². The van der Waals surface area contributed by atoms with Crippen molar-refractivity contribution in [1.82, 2.24) is 15.1 Å². The van der Waals surface area contributed by atoms with E-state index in [0.29, 0.717) is 0 Å². The Kier molecular flexibility index (Phi) is 5.30. The number of amides is 1. The predicted molar refractivity (Wildman–Crippen MR) is 67.3 cm³/mol. The van der Waals surface area contributed by atoms with Crippen LogP contribution in [0.5, 0.6) is 0 Å². The summed E-state index contributed by atoms with van der Waals surface area (Å²) in [5, 5.41) is 16.4. The molecule has 1 atom stereocenters. The van der Waals surface area contributed by atoms with Crippen molar-refractivity contribution in [3.63, 3.8) is 0 Å². The van der Waals surface area contributed by atoms with Crippen molar-refractivity contribution >= 4 is 5.91 Å². The fourth-order valence-electron chi connectivity index (χ4n) is 1.78. The summed E-state index contributed by atoms with van der Waals surface area (Å²) in [5.41, 5.74) is 2.79. The molecule has 0 spiro atoms. The summed E-state index contributed by atoms with van der Waals surface area (Å²) >= 11 is 0. The van der Waals surface area contributed by atoms with E-state index < -0.39 is 6.10 Å². The smallest absolute Gasteiger partial charge is 0.224 e. The van der Waals surface area contributed by atoms with Crippen molar-refractivity contribution in [2.24, 2.45) is 7.05 Å². The van der Waals surface area contributed by atoms with E-state index in [1.54, 1.807) is 4.68 Å². The fraction of sp³-hybridized carbons (Fsp3) is 0.667. The van der Waals surface area contributed by atoms with Gasteiger partial charge in [-0.3, -0.25) is 9.48 Å². The van der Waals surface area contributed by atoms with E-state index in [-0.39, 0.29) is 25.5 Å². The maximum absolute atomic E-state index is 11.7. The topological polar surface area (TPSA) is 76.4 Å². The first-order valence-electron chi connectivity index (χ1n) is 5.88. The second-order valence-electron chi connectivity index (χ2n) is 4.36. The Labute approximate surface area is 107 Å². The number of hydrogen-bond acceptors (Lipinski definition) is 4. The van der Waals surface area contributed by atoms with Crippen molar-refractivity contribution in [3.8, 4) is 0 Å². The van der Waals surface area contributed by atoms with Gasteiger partial charge in [0.2, 0.25) is 5.91 Å². The summed E-state index contributed by atoms with van der Waals surface area (Å²) in [4.78, 5) is 11.7. The third-order valence-electron chi connectivity index (χ3n) is 2.89. The van der Waals surface area contributed by atoms with Crippen molar-refractivity contribution < 1.29 is 14.6 Å². The SMILES string of the molecule is COCC(O)CNC(=O)Cc1c(C)nn(C)c1C. The Morgan fingerprint density at radius 2 is 2.22 bits per heavy atom. The monoisotopic (exact) mass is 255 g/mol. The molecule has 1 unspecified atom stereocenters. The Balaban J connectivity index is 2.50. The zero-order valence-electron chi connectivity index (χ0n) is 11.4. The summed E-state index contributed by atoms with van der Waals surface area (Å²) < 4.78 is 6.54. The number of carbonyl (C=O) groups is 1. The van der Waals surface area contributed by atoms with Gasteiger partial charge in [-0.25, -0.2) is 0 Å². The second kappa shape index (κ2) is 6.51. The lowest BCUT2D eigenvalue weighted by Gasteiger charge is -2.10. The fourth-order valence-corrected chi connectivity index (χ4v) is 1.78. The molecule has 0 fully saturated rings. The molecule has 1 amide bonds. The van der Waals surface area contributed by atoms with Crippen LogP contribution in [0.3, 0.4) is 0 Å². The molecule has 0 bridgehead atoms. The van der Waals surface area contributed by atoms with Gasteiger partial charge >= 0.3 is 0 Å². The molecule has 6 heteroatoms. The van der Waals surface area contributed by atoms with Crippen LogP contribution in [0.15, 0.2) is 0 Å². The lowest BCUT2D eigenvalue weighted by atomic mass is 10.1. The van der Waals surface area contributed by atoms with Crippen LogP contribution in [0.2, 0.25) is 0 Å². The summed E-state index contributed by atoms with van der Waals surface area (Å²) in [7, 11) is 3.36. The number of carbonyl (C=O) groups excluding carboxylic acids is 1. The molecular weight excluding hydrogens is 234 g/mol. The minimum atomic E-state index is -0.671. The van der Waals surface area contributed by atoms with E-state index in [0.717, 1.165) is 17.0 Å². The molecule has 2 N–H and O–H groups in total. The number of aromatic nitrogens is 2. The number of aliphatic hydroxyl groups excluding tert-OH is 1. The first-order chi connectivity index (χ1) is 8.45. The van der Waals surface area contributed by atoms with E-state index in [9.17, 15) is 9.90 Å². The average Bonchev–Trinajstić information content (AvgIpc) is 2.54. The number of nitrogens with one attached hydrogen (secondary N) is 1. The molecule has 0 aromatic carbocycles. The second-order valence-corrected chi connectivity index (χ2v) is 4.36. The van der Waals surface area contributed by atoms with Gasteiger partial charge in [-0.2, -0.15) is 5.10 Å². The highest BCUT2D eigenvalue weighted by Gasteiger charge is 2.14. The average molecular weight is 255 g/mol. The number of hydrogen-bond donors (Lipinski definition) is 2. The van der Waals surface area contributed by atoms with E-state index in [1.807, 2.05) is 20.9 Å². The highest BCUT2D eigenvalue weighted by atomic mass is 16.5. The van der Waals surface area contributed by atoms with Crippen LogP contribution in [0.25, 0.3) is 0 Å². The van der Waals surface area contributed by atoms with E-state index in [1.165, 1.54) is 7.11 Å². The lowest BCUT2D eigenvalue weighted by molar-refractivity contribution is -0.121. The molecule has 1 rings (SSSR count). The molecule has 1 aromatic rings. The maximum Gasteiger partial charge on any atom is 0.224 e. The first kappa shape index (κ1) is 14.7. The minimum absolute atomic E-state index is 0.121. The third kappa shape index (κ3) is 3.82. The summed E-state index contributed by atoms with van der Waals surface area (Å²) in [6.45, 7) is 4.23. The number of aryl methyl sites for hydroxylation is 2. The molecule has 102 valence electrons. The zero-order chi connectivity index (χ0) is 13.7. The molecule has 0 aliphatic rings. The van der Waals surface area contributed by atoms with Crippen LogP contribution in [0.4, 0.5) is 0 Å². The van der Waals surface area contributed by atoms with E-state index >= 15 is 0 Å². The Morgan fingerprint density at radius 1 is 1.56 bits per heavy atom. The minimum Gasteiger partial charge on any atom is -0.389 e. The van der Waals surface area contributed by atoms with Gasteiger partial charge in [-0.15, -0.1) is 0 Å². The van der Waals surface area contributed by atoms with Gasteiger partial charge in [0, 0.05) is 32.0 Å². The molecule has 18 heavy (non-hydrogen) atoms. The summed E-state index contributed by atoms with van der Waals surface area (Å²) in [5.74, 6) is -0.121. The van der Waals surface area contributed by atoms with Crippen molar-refractivity contribution in [2.45, 2.75) is 26.4 Å². The van der Waals surface area contributed by atoms with Crippen LogP contribution < -0.4 is 5.32 Å². The standard InChI is InChI=1S/C12H21N3O3/c1-8-11(9(2)15(3)14-8)5-12(17)13-6-10(16)7-18-4/h10,16H,5-7H2,1-4H3,(H,13,17). The van der Waals surface area contributed by atoms with Gasteiger partial charge in [-0.1, -0.05) is 0 Å². The van der Waals surface area contributed by atoms with Crippen molar-refractivity contribution in [2.75, 3.05) is 20.3 Å². The maximum atomic E-state index is 11.7. The molecular formula is C12H21N3O3. The normalized spacial score (nSPS) is 12.5. The van der Waals surface area contributed by atoms with Crippen LogP contribution in [-0.4, -0.2) is 47.2 Å². The quantitative estimate of drug-likeness (QED) is 0.732. The van der Waals surface area contributed by atoms with Gasteiger partial charge in [0.05, 0.1) is 24.8 Å². The predicted octanol–water partition coefficient (Wildman–Crippen LogP) is -0.297. The van der Waals surface area contributed by atoms with Gasteiger partial charge in [0.1, 0.15) is 0 Å². The van der Waals surface area contributed by atoms with Gasteiger partial charge in [0.25, 0.3) is 0 Å². The van der Waals surface area contributed by atoms with E-state index in [4.69, 9.17) is 4.74 Å². The molecule has 0 aliphatic heterocycles. The highest BCUT2D eigenvalue weighted by Crippen LogP contribution is 2.12. The number of aliphatic hydroxyl groups is 1. The number of methoxy groups -OCH3 is 1. The number of rotatable bonds is 6. The molecule has 0 aliphatic carbocycles. The summed E-state index contributed by atoms with van der Waals surface area (Å²) in [6, 6.07) is 0. The number of ether oxygens (including phenoxy) is 1. The highest BCUT2D eigenvalue weighted by molar-refractivity contribution is 5.79. The largest absolute Gasteiger partial charge is 0.389 e. The lowest BCUT2D eigenvalue weighted by Crippen LogP contribution is -2.35. The van der Waals surface area contributed by atoms with Crippen molar-refractivity contribution in [1.29, 1.82) is 0 Å². The molecule has 1 heterocycles. The Bertz CT molecular complexity index is 415. The molecule has 1 aromatic heterocycles. The van der Waals surface area contributed by atoms with E-state index in [2.05, 4.69) is 10.4 Å². The van der Waals surface area contributed by atoms with Crippen LogP contribution in [-0.2, 0) is 23.0 Å². The Hall–Kier alpha value is -1.40. The number of nitrogens with zero attached hydrogens (tertiary/aromatic N) is 2. The van der Waals surface area contributed by atoms with Crippen molar-refractivity contribution in [3.05, 3.63) is 17.0 Å². The Morgan fingerprint density at radius 3 is 2.72 bits per heavy atom. The molecule has 0 saturated carbocycles. The van der Waals surface area contributed by atoms with Gasteiger partial charge in [0.15, 0.2) is 0 Å². The molecule has 6 nitrogen and oxygen atoms in total. The third-order valence-corrected chi connectivity index (χ3v) is 2.89. The van der Waals surface area contributed by atoms with Crippen LogP contribution >= 0.6 is 0 Å². The van der Waals surface area contributed by atoms with Gasteiger partial charge in [-0.05, 0) is 13.8 Å².